The van der Waals surface area contributed by atoms with Crippen molar-refractivity contribution in [1.82, 2.24) is 14.9 Å². The second-order valence-corrected chi connectivity index (χ2v) is 7.73. The normalized spacial score (nSPS) is 15.5. The number of aromatic nitrogens is 2. The van der Waals surface area contributed by atoms with Gasteiger partial charge in [0, 0.05) is 5.69 Å². The minimum Gasteiger partial charge on any atom is -0.337 e. The maximum atomic E-state index is 12.5. The largest absolute Gasteiger partial charge is 0.337 e. The number of hydrogen-bond donors (Lipinski definition) is 1. The summed E-state index contributed by atoms with van der Waals surface area (Å²) >= 11 is 1.40. The lowest BCUT2D eigenvalue weighted by atomic mass is 10.0. The number of benzene rings is 2. The molecule has 0 aliphatic heterocycles. The van der Waals surface area contributed by atoms with E-state index in [2.05, 4.69) is 16.0 Å². The molecule has 1 heterocycles. The monoisotopic (exact) mass is 376 g/mol. The summed E-state index contributed by atoms with van der Waals surface area (Å²) in [6.45, 7) is 0. The molecule has 1 aromatic heterocycles. The third kappa shape index (κ3) is 3.56. The minimum absolute atomic E-state index is 0.116. The first kappa shape index (κ1) is 17.6. The third-order valence-corrected chi connectivity index (χ3v) is 5.87. The Morgan fingerprint density at radius 3 is 2.59 bits per heavy atom. The van der Waals surface area contributed by atoms with Gasteiger partial charge in [0.05, 0.1) is 22.9 Å². The number of carbonyl (C=O) groups is 1. The second kappa shape index (κ2) is 7.45. The number of hydrogen-bond acceptors (Lipinski definition) is 4. The van der Waals surface area contributed by atoms with E-state index in [-0.39, 0.29) is 11.7 Å². The Labute approximate surface area is 162 Å². The molecule has 4 rings (SSSR count). The lowest BCUT2D eigenvalue weighted by molar-refractivity contribution is -0.119. The van der Waals surface area contributed by atoms with Crippen LogP contribution in [-0.4, -0.2) is 26.8 Å². The molecule has 3 aromatic rings. The van der Waals surface area contributed by atoms with E-state index in [1.807, 2.05) is 54.6 Å². The molecule has 136 valence electrons. The highest BCUT2D eigenvalue weighted by Crippen LogP contribution is 2.30. The molecule has 1 aliphatic carbocycles. The molecule has 0 radical (unpaired) electrons. The number of nitriles is 1. The van der Waals surface area contributed by atoms with Gasteiger partial charge in [0.15, 0.2) is 5.16 Å². The van der Waals surface area contributed by atoms with Gasteiger partial charge in [-0.05, 0) is 49.9 Å². The van der Waals surface area contributed by atoms with Crippen LogP contribution in [0.5, 0.6) is 0 Å². The van der Waals surface area contributed by atoms with Gasteiger partial charge in [-0.25, -0.2) is 4.98 Å². The summed E-state index contributed by atoms with van der Waals surface area (Å²) in [6.07, 6.45) is 3.46. The number of amides is 1. The highest BCUT2D eigenvalue weighted by Gasteiger charge is 2.35. The van der Waals surface area contributed by atoms with Crippen LogP contribution in [-0.2, 0) is 4.79 Å². The number of fused-ring (bicyclic) bond motifs is 1. The zero-order valence-electron chi connectivity index (χ0n) is 14.9. The van der Waals surface area contributed by atoms with Crippen molar-refractivity contribution in [3.8, 4) is 11.8 Å². The molecule has 5 nitrogen and oxygen atoms in total. The molecule has 6 heteroatoms. The molecule has 1 saturated carbocycles. The van der Waals surface area contributed by atoms with E-state index in [0.717, 1.165) is 47.6 Å². The van der Waals surface area contributed by atoms with Crippen molar-refractivity contribution in [2.75, 3.05) is 5.75 Å². The zero-order valence-corrected chi connectivity index (χ0v) is 15.7. The number of carbonyl (C=O) groups excluding carboxylic acids is 1. The predicted molar refractivity (Wildman–Crippen MR) is 107 cm³/mol. The topological polar surface area (TPSA) is 70.7 Å². The molecule has 1 N–H and O–H groups in total. The van der Waals surface area contributed by atoms with Crippen molar-refractivity contribution < 1.29 is 4.79 Å². The Hall–Kier alpha value is -2.78. The highest BCUT2D eigenvalue weighted by atomic mass is 32.2. The molecular weight excluding hydrogens is 356 g/mol. The summed E-state index contributed by atoms with van der Waals surface area (Å²) < 4.78 is 2.07. The van der Waals surface area contributed by atoms with Crippen LogP contribution in [0.3, 0.4) is 0 Å². The average Bonchev–Trinajstić information content (AvgIpc) is 3.32. The van der Waals surface area contributed by atoms with Gasteiger partial charge < -0.3 is 5.32 Å². The fourth-order valence-electron chi connectivity index (χ4n) is 3.60. The smallest absolute Gasteiger partial charge is 0.231 e. The quantitative estimate of drug-likeness (QED) is 0.682. The van der Waals surface area contributed by atoms with Gasteiger partial charge in [-0.2, -0.15) is 5.26 Å². The summed E-state index contributed by atoms with van der Waals surface area (Å²) in [4.78, 5) is 17.2. The van der Waals surface area contributed by atoms with Gasteiger partial charge in [-0.15, -0.1) is 0 Å². The van der Waals surface area contributed by atoms with Crippen LogP contribution in [0.4, 0.5) is 0 Å². The van der Waals surface area contributed by atoms with E-state index >= 15 is 0 Å². The minimum atomic E-state index is -0.683. The summed E-state index contributed by atoms with van der Waals surface area (Å²) in [7, 11) is 0. The molecule has 0 bridgehead atoms. The Kier molecular flexibility index (Phi) is 4.87. The maximum absolute atomic E-state index is 12.5. The van der Waals surface area contributed by atoms with Crippen molar-refractivity contribution in [3.63, 3.8) is 0 Å². The first-order valence-electron chi connectivity index (χ1n) is 9.09. The van der Waals surface area contributed by atoms with Crippen molar-refractivity contribution in [2.45, 2.75) is 36.4 Å². The first-order valence-corrected chi connectivity index (χ1v) is 10.1. The molecule has 0 spiro atoms. The second-order valence-electron chi connectivity index (χ2n) is 6.79. The molecule has 27 heavy (non-hydrogen) atoms. The lowest BCUT2D eigenvalue weighted by Gasteiger charge is -2.21. The van der Waals surface area contributed by atoms with Gasteiger partial charge in [0.25, 0.3) is 0 Å². The van der Waals surface area contributed by atoms with Gasteiger partial charge in [-0.3, -0.25) is 9.36 Å². The molecule has 1 amide bonds. The van der Waals surface area contributed by atoms with Crippen molar-refractivity contribution in [2.24, 2.45) is 0 Å². The SMILES string of the molecule is N#CC1(NC(=O)CSc2nc3ccccc3n2-c2ccccc2)CCCC1. The highest BCUT2D eigenvalue weighted by molar-refractivity contribution is 7.99. The summed E-state index contributed by atoms with van der Waals surface area (Å²) in [5, 5.41) is 13.2. The third-order valence-electron chi connectivity index (χ3n) is 4.93. The van der Waals surface area contributed by atoms with Crippen LogP contribution in [0.1, 0.15) is 25.7 Å². The van der Waals surface area contributed by atoms with Crippen LogP contribution in [0.25, 0.3) is 16.7 Å². The van der Waals surface area contributed by atoms with Crippen LogP contribution in [0.2, 0.25) is 0 Å². The number of imidazole rings is 1. The van der Waals surface area contributed by atoms with Gasteiger partial charge in [0.2, 0.25) is 5.91 Å². The molecule has 1 aliphatic rings. The van der Waals surface area contributed by atoms with Crippen molar-refractivity contribution in [1.29, 1.82) is 5.26 Å². The zero-order chi connectivity index (χ0) is 18.7. The van der Waals surface area contributed by atoms with Crippen LogP contribution < -0.4 is 5.32 Å². The standard InChI is InChI=1S/C21H20N4OS/c22-15-21(12-6-7-13-21)24-19(26)14-27-20-23-17-10-4-5-11-18(17)25(20)16-8-2-1-3-9-16/h1-5,8-11H,6-7,12-14H2,(H,24,26). The molecule has 0 saturated heterocycles. The fraction of sp³-hybridized carbons (Fsp3) is 0.286. The lowest BCUT2D eigenvalue weighted by Crippen LogP contribution is -2.45. The van der Waals surface area contributed by atoms with Gasteiger partial charge in [0.1, 0.15) is 5.54 Å². The first-order chi connectivity index (χ1) is 13.2. The average molecular weight is 376 g/mol. The maximum Gasteiger partial charge on any atom is 0.231 e. The summed E-state index contributed by atoms with van der Waals surface area (Å²) in [5.41, 5.74) is 2.24. The summed E-state index contributed by atoms with van der Waals surface area (Å²) in [6, 6.07) is 20.3. The number of thioether (sulfide) groups is 1. The van der Waals surface area contributed by atoms with E-state index < -0.39 is 5.54 Å². The van der Waals surface area contributed by atoms with Crippen LogP contribution in [0.15, 0.2) is 59.8 Å². The Bertz CT molecular complexity index is 1000. The summed E-state index contributed by atoms with van der Waals surface area (Å²) in [5.74, 6) is 0.120. The van der Waals surface area contributed by atoms with E-state index in [1.165, 1.54) is 11.8 Å². The Morgan fingerprint density at radius 1 is 1.15 bits per heavy atom. The number of rotatable bonds is 5. The Balaban J connectivity index is 1.57. The molecular formula is C21H20N4OS. The van der Waals surface area contributed by atoms with Crippen molar-refractivity contribution in [3.05, 3.63) is 54.6 Å². The number of para-hydroxylation sites is 3. The fourth-order valence-corrected chi connectivity index (χ4v) is 4.43. The molecule has 0 atom stereocenters. The van der Waals surface area contributed by atoms with E-state index in [9.17, 15) is 10.1 Å². The van der Waals surface area contributed by atoms with Gasteiger partial charge in [-0.1, -0.05) is 42.1 Å². The van der Waals surface area contributed by atoms with Crippen LogP contribution in [0, 0.1) is 11.3 Å². The van der Waals surface area contributed by atoms with E-state index in [0.29, 0.717) is 0 Å². The predicted octanol–water partition coefficient (Wildman–Crippen LogP) is 4.07. The molecule has 0 unspecified atom stereocenters. The van der Waals surface area contributed by atoms with E-state index in [4.69, 9.17) is 4.98 Å². The Morgan fingerprint density at radius 2 is 1.85 bits per heavy atom. The van der Waals surface area contributed by atoms with Crippen LogP contribution >= 0.6 is 11.8 Å². The van der Waals surface area contributed by atoms with Crippen molar-refractivity contribution >= 4 is 28.7 Å². The molecule has 1 fully saturated rings. The van der Waals surface area contributed by atoms with Gasteiger partial charge >= 0.3 is 0 Å². The number of nitrogens with one attached hydrogen (secondary N) is 1. The molecule has 2 aromatic carbocycles. The number of nitrogens with zero attached hydrogens (tertiary/aromatic N) is 3. The van der Waals surface area contributed by atoms with E-state index in [1.54, 1.807) is 0 Å².